The summed E-state index contributed by atoms with van der Waals surface area (Å²) in [5.74, 6) is -0.457. The zero-order valence-corrected chi connectivity index (χ0v) is 12.3. The van der Waals surface area contributed by atoms with E-state index in [1.54, 1.807) is 12.1 Å². The highest BCUT2D eigenvalue weighted by molar-refractivity contribution is 7.15. The molecule has 0 atom stereocenters. The first-order valence-corrected chi connectivity index (χ1v) is 7.49. The minimum Gasteiger partial charge on any atom is -0.360 e. The summed E-state index contributed by atoms with van der Waals surface area (Å²) in [4.78, 5) is 25.8. The molecule has 21 heavy (non-hydrogen) atoms. The molecule has 0 fully saturated rings. The number of carbonyl (C=O) groups excluding carboxylic acids is 2. The van der Waals surface area contributed by atoms with Gasteiger partial charge >= 0.3 is 0 Å². The van der Waals surface area contributed by atoms with Crippen LogP contribution in [0.5, 0.6) is 0 Å². The lowest BCUT2D eigenvalue weighted by atomic mass is 9.99. The third-order valence-electron chi connectivity index (χ3n) is 3.22. The fraction of sp³-hybridized carbons (Fsp3) is 0.286. The van der Waals surface area contributed by atoms with Crippen molar-refractivity contribution in [2.24, 2.45) is 0 Å². The number of rotatable bonds is 4. The van der Waals surface area contributed by atoms with E-state index in [1.807, 2.05) is 19.1 Å². The molecule has 0 spiro atoms. The van der Waals surface area contributed by atoms with Gasteiger partial charge in [0.15, 0.2) is 0 Å². The summed E-state index contributed by atoms with van der Waals surface area (Å²) in [6, 6.07) is 7.21. The van der Waals surface area contributed by atoms with Gasteiger partial charge in [-0.15, -0.1) is 10.2 Å². The molecule has 0 saturated heterocycles. The number of imide groups is 1. The second kappa shape index (κ2) is 5.61. The molecule has 6 nitrogen and oxygen atoms in total. The number of aromatic nitrogens is 2. The molecular formula is C14H14N4O2S. The van der Waals surface area contributed by atoms with E-state index in [1.165, 1.54) is 16.2 Å². The first-order chi connectivity index (χ1) is 10.2. The van der Waals surface area contributed by atoms with E-state index in [4.69, 9.17) is 0 Å². The molecule has 1 aromatic carbocycles. The van der Waals surface area contributed by atoms with E-state index >= 15 is 0 Å². The number of benzene rings is 1. The summed E-state index contributed by atoms with van der Waals surface area (Å²) in [6.07, 6.45) is 0.251. The van der Waals surface area contributed by atoms with Gasteiger partial charge in [0.25, 0.3) is 5.91 Å². The number of fused-ring (bicyclic) bond motifs is 1. The van der Waals surface area contributed by atoms with Gasteiger partial charge in [0.05, 0.1) is 13.0 Å². The summed E-state index contributed by atoms with van der Waals surface area (Å²) in [6.45, 7) is 2.90. The number of hydrogen-bond donors (Lipinski definition) is 1. The second-order valence-electron chi connectivity index (χ2n) is 4.65. The Morgan fingerprint density at radius 3 is 2.90 bits per heavy atom. The van der Waals surface area contributed by atoms with Gasteiger partial charge in [0.1, 0.15) is 5.01 Å². The summed E-state index contributed by atoms with van der Waals surface area (Å²) in [5, 5.41) is 12.4. The van der Waals surface area contributed by atoms with Crippen molar-refractivity contribution in [1.82, 2.24) is 15.1 Å². The highest BCUT2D eigenvalue weighted by atomic mass is 32.1. The van der Waals surface area contributed by atoms with Crippen molar-refractivity contribution in [1.29, 1.82) is 0 Å². The van der Waals surface area contributed by atoms with Crippen molar-refractivity contribution in [3.05, 3.63) is 40.4 Å². The largest absolute Gasteiger partial charge is 0.360 e. The quantitative estimate of drug-likeness (QED) is 0.870. The van der Waals surface area contributed by atoms with Gasteiger partial charge < -0.3 is 5.32 Å². The maximum atomic E-state index is 12.4. The fourth-order valence-electron chi connectivity index (χ4n) is 2.24. The molecule has 1 aromatic heterocycles. The Morgan fingerprint density at radius 2 is 2.10 bits per heavy atom. The summed E-state index contributed by atoms with van der Waals surface area (Å²) < 4.78 is 0. The highest BCUT2D eigenvalue weighted by Gasteiger charge is 2.31. The van der Waals surface area contributed by atoms with Gasteiger partial charge in [-0.25, -0.2) is 0 Å². The Labute approximate surface area is 125 Å². The predicted molar refractivity (Wildman–Crippen MR) is 79.1 cm³/mol. The first-order valence-electron chi connectivity index (χ1n) is 6.68. The van der Waals surface area contributed by atoms with Crippen LogP contribution in [0.15, 0.2) is 24.3 Å². The SMILES string of the molecule is CCNc1nnc(CN2C(=O)Cc3ccccc3C2=O)s1. The van der Waals surface area contributed by atoms with Crippen LogP contribution in [0.2, 0.25) is 0 Å². The number of amides is 2. The average Bonchev–Trinajstić information content (AvgIpc) is 2.91. The monoisotopic (exact) mass is 302 g/mol. The van der Waals surface area contributed by atoms with Gasteiger partial charge in [-0.2, -0.15) is 0 Å². The molecule has 0 radical (unpaired) electrons. The van der Waals surface area contributed by atoms with Crippen molar-refractivity contribution in [3.63, 3.8) is 0 Å². The van der Waals surface area contributed by atoms with Gasteiger partial charge in [-0.05, 0) is 18.6 Å². The molecule has 3 rings (SSSR count). The molecule has 108 valence electrons. The molecule has 1 aliphatic heterocycles. The number of nitrogens with one attached hydrogen (secondary N) is 1. The van der Waals surface area contributed by atoms with Crippen LogP contribution >= 0.6 is 11.3 Å². The molecule has 7 heteroatoms. The topological polar surface area (TPSA) is 75.2 Å². The van der Waals surface area contributed by atoms with Crippen molar-refractivity contribution in [2.45, 2.75) is 19.9 Å². The van der Waals surface area contributed by atoms with Crippen molar-refractivity contribution < 1.29 is 9.59 Å². The molecule has 2 heterocycles. The second-order valence-corrected chi connectivity index (χ2v) is 5.71. The van der Waals surface area contributed by atoms with E-state index in [0.29, 0.717) is 15.7 Å². The summed E-state index contributed by atoms with van der Waals surface area (Å²) in [7, 11) is 0. The van der Waals surface area contributed by atoms with Gasteiger partial charge in [0.2, 0.25) is 11.0 Å². The Morgan fingerprint density at radius 1 is 1.29 bits per heavy atom. The lowest BCUT2D eigenvalue weighted by Crippen LogP contribution is -2.41. The maximum absolute atomic E-state index is 12.4. The normalized spacial score (nSPS) is 14.2. The van der Waals surface area contributed by atoms with Crippen LogP contribution in [-0.4, -0.2) is 33.5 Å². The van der Waals surface area contributed by atoms with Crippen molar-refractivity contribution in [2.75, 3.05) is 11.9 Å². The number of carbonyl (C=O) groups is 2. The van der Waals surface area contributed by atoms with E-state index in [0.717, 1.165) is 12.1 Å². The molecule has 1 aliphatic rings. The third kappa shape index (κ3) is 2.64. The van der Waals surface area contributed by atoms with Crippen LogP contribution in [-0.2, 0) is 17.8 Å². The van der Waals surface area contributed by atoms with E-state index in [9.17, 15) is 9.59 Å². The Kier molecular flexibility index (Phi) is 3.66. The third-order valence-corrected chi connectivity index (χ3v) is 4.09. The Hall–Kier alpha value is -2.28. The molecule has 2 aromatic rings. The zero-order valence-electron chi connectivity index (χ0n) is 11.5. The smallest absolute Gasteiger partial charge is 0.261 e. The molecule has 0 unspecified atom stereocenters. The van der Waals surface area contributed by atoms with Crippen LogP contribution in [0.25, 0.3) is 0 Å². The number of nitrogens with zero attached hydrogens (tertiary/aromatic N) is 3. The van der Waals surface area contributed by atoms with E-state index in [2.05, 4.69) is 15.5 Å². The van der Waals surface area contributed by atoms with Crippen LogP contribution in [0, 0.1) is 0 Å². The zero-order chi connectivity index (χ0) is 14.8. The minimum atomic E-state index is -0.262. The maximum Gasteiger partial charge on any atom is 0.261 e. The molecular weight excluding hydrogens is 288 g/mol. The van der Waals surface area contributed by atoms with Crippen molar-refractivity contribution in [3.8, 4) is 0 Å². The minimum absolute atomic E-state index is 0.176. The molecule has 0 aliphatic carbocycles. The van der Waals surface area contributed by atoms with Gasteiger partial charge in [-0.3, -0.25) is 14.5 Å². The van der Waals surface area contributed by atoms with Crippen molar-refractivity contribution >= 4 is 28.3 Å². The van der Waals surface area contributed by atoms with Gasteiger partial charge in [-0.1, -0.05) is 29.5 Å². The van der Waals surface area contributed by atoms with Crippen LogP contribution in [0.1, 0.15) is 27.9 Å². The van der Waals surface area contributed by atoms with Gasteiger partial charge in [0, 0.05) is 12.1 Å². The van der Waals surface area contributed by atoms with E-state index < -0.39 is 0 Å². The van der Waals surface area contributed by atoms with Crippen LogP contribution in [0.4, 0.5) is 5.13 Å². The van der Waals surface area contributed by atoms with E-state index in [-0.39, 0.29) is 24.8 Å². The van der Waals surface area contributed by atoms with Crippen LogP contribution < -0.4 is 5.32 Å². The predicted octanol–water partition coefficient (Wildman–Crippen LogP) is 1.69. The lowest BCUT2D eigenvalue weighted by molar-refractivity contribution is -0.128. The Bertz CT molecular complexity index is 698. The number of anilines is 1. The average molecular weight is 302 g/mol. The highest BCUT2D eigenvalue weighted by Crippen LogP contribution is 2.23. The van der Waals surface area contributed by atoms with Crippen LogP contribution in [0.3, 0.4) is 0 Å². The molecule has 0 saturated carbocycles. The molecule has 1 N–H and O–H groups in total. The summed E-state index contributed by atoms with van der Waals surface area (Å²) in [5.41, 5.74) is 1.38. The molecule has 2 amide bonds. The first kappa shape index (κ1) is 13.7. The number of hydrogen-bond acceptors (Lipinski definition) is 6. The fourth-order valence-corrected chi connectivity index (χ4v) is 3.03. The standard InChI is InChI=1S/C14H14N4O2S/c1-2-15-14-17-16-11(21-14)8-18-12(19)7-9-5-3-4-6-10(9)13(18)20/h3-6H,2,7-8H2,1H3,(H,15,17). The molecule has 0 bridgehead atoms. The lowest BCUT2D eigenvalue weighted by Gasteiger charge is -2.25. The summed E-state index contributed by atoms with van der Waals surface area (Å²) >= 11 is 1.36. The Balaban J connectivity index is 1.82.